The number of H-pyrrole nitrogens is 2. The van der Waals surface area contributed by atoms with Gasteiger partial charge in [0.15, 0.2) is 0 Å². The Labute approximate surface area is 175 Å². The zero-order chi connectivity index (χ0) is 22.1. The van der Waals surface area contributed by atoms with Crippen LogP contribution < -0.4 is 11.1 Å². The summed E-state index contributed by atoms with van der Waals surface area (Å²) < 4.78 is 5.44. The van der Waals surface area contributed by atoms with Crippen LogP contribution in [0.2, 0.25) is 0 Å². The highest BCUT2D eigenvalue weighted by atomic mass is 16.6. The third kappa shape index (κ3) is 4.64. The van der Waals surface area contributed by atoms with Gasteiger partial charge in [-0.3, -0.25) is 4.79 Å². The molecule has 5 N–H and O–H groups in total. The Hall–Kier alpha value is -3.29. The first-order valence-corrected chi connectivity index (χ1v) is 9.87. The van der Waals surface area contributed by atoms with E-state index in [1.807, 2.05) is 51.2 Å². The summed E-state index contributed by atoms with van der Waals surface area (Å²) in [5, 5.41) is 3.97. The molecular formula is C22H29N5O3. The first-order valence-electron chi connectivity index (χ1n) is 9.87. The second kappa shape index (κ2) is 7.85. The molecule has 8 heteroatoms. The lowest BCUT2D eigenvalue weighted by atomic mass is 9.89. The number of alkyl carbamates (subject to hydrolysis) is 1. The minimum Gasteiger partial charge on any atom is -0.444 e. The van der Waals surface area contributed by atoms with Gasteiger partial charge in [0, 0.05) is 35.4 Å². The SMILES string of the molecule is CC(C)(C)OC(=O)N[C@H](Cc1c[nH]c2ccccc12)c1ncc(C(C)(C)C(N)=O)[nH]1. The zero-order valence-electron chi connectivity index (χ0n) is 18.0. The molecule has 0 bridgehead atoms. The molecule has 1 aromatic carbocycles. The molecule has 0 aliphatic rings. The fraction of sp³-hybridized carbons (Fsp3) is 0.409. The Balaban J connectivity index is 1.93. The number of primary amides is 1. The summed E-state index contributed by atoms with van der Waals surface area (Å²) in [6.45, 7) is 8.87. The molecule has 160 valence electrons. The van der Waals surface area contributed by atoms with Crippen molar-refractivity contribution in [2.45, 2.75) is 58.1 Å². The van der Waals surface area contributed by atoms with Gasteiger partial charge in [0.25, 0.3) is 0 Å². The van der Waals surface area contributed by atoms with Crippen molar-refractivity contribution in [1.82, 2.24) is 20.3 Å². The maximum Gasteiger partial charge on any atom is 0.408 e. The summed E-state index contributed by atoms with van der Waals surface area (Å²) in [5.74, 6) is 0.0569. The molecule has 0 fully saturated rings. The van der Waals surface area contributed by atoms with E-state index in [4.69, 9.17) is 10.5 Å². The van der Waals surface area contributed by atoms with Crippen molar-refractivity contribution < 1.29 is 14.3 Å². The van der Waals surface area contributed by atoms with Gasteiger partial charge in [-0.2, -0.15) is 0 Å². The number of imidazole rings is 1. The van der Waals surface area contributed by atoms with Gasteiger partial charge in [-0.15, -0.1) is 0 Å². The van der Waals surface area contributed by atoms with Gasteiger partial charge in [0.1, 0.15) is 11.4 Å². The quantitative estimate of drug-likeness (QED) is 0.495. The molecule has 2 heterocycles. The molecule has 0 saturated heterocycles. The van der Waals surface area contributed by atoms with E-state index in [1.54, 1.807) is 20.0 Å². The normalized spacial score (nSPS) is 13.2. The van der Waals surface area contributed by atoms with E-state index in [0.717, 1.165) is 16.5 Å². The van der Waals surface area contributed by atoms with E-state index in [2.05, 4.69) is 20.3 Å². The number of hydrogen-bond acceptors (Lipinski definition) is 4. The predicted octanol–water partition coefficient (Wildman–Crippen LogP) is 3.46. The number of carbonyl (C=O) groups excluding carboxylic acids is 2. The molecular weight excluding hydrogens is 382 g/mol. The summed E-state index contributed by atoms with van der Waals surface area (Å²) >= 11 is 0. The van der Waals surface area contributed by atoms with Crippen LogP contribution >= 0.6 is 0 Å². The van der Waals surface area contributed by atoms with Crippen LogP contribution in [-0.4, -0.2) is 32.6 Å². The van der Waals surface area contributed by atoms with Crippen molar-refractivity contribution in [2.24, 2.45) is 5.73 Å². The Bertz CT molecular complexity index is 1060. The number of nitrogens with one attached hydrogen (secondary N) is 3. The molecule has 0 saturated carbocycles. The molecule has 0 radical (unpaired) electrons. The van der Waals surface area contributed by atoms with E-state index in [-0.39, 0.29) is 0 Å². The maximum absolute atomic E-state index is 12.5. The van der Waals surface area contributed by atoms with Crippen molar-refractivity contribution in [3.05, 3.63) is 53.7 Å². The van der Waals surface area contributed by atoms with Gasteiger partial charge in [-0.1, -0.05) is 18.2 Å². The standard InChI is InChI=1S/C22H29N5O3/c1-21(2,3)30-20(29)26-16(10-13-11-24-15-9-7-6-8-14(13)15)18-25-12-17(27-18)22(4,5)19(23)28/h6-9,11-12,16,24H,10H2,1-5H3,(H2,23,28)(H,25,27)(H,26,29)/t16-/m1/s1. The van der Waals surface area contributed by atoms with Crippen LogP contribution in [0, 0.1) is 0 Å². The van der Waals surface area contributed by atoms with Crippen molar-refractivity contribution >= 4 is 22.9 Å². The number of aromatic nitrogens is 3. The Kier molecular flexibility index (Phi) is 5.61. The van der Waals surface area contributed by atoms with Crippen LogP contribution in [0.4, 0.5) is 4.79 Å². The van der Waals surface area contributed by atoms with E-state index in [9.17, 15) is 9.59 Å². The van der Waals surface area contributed by atoms with Crippen LogP contribution in [0.5, 0.6) is 0 Å². The molecule has 30 heavy (non-hydrogen) atoms. The number of nitrogens with two attached hydrogens (primary N) is 1. The largest absolute Gasteiger partial charge is 0.444 e. The van der Waals surface area contributed by atoms with Gasteiger partial charge in [0.05, 0.1) is 11.5 Å². The van der Waals surface area contributed by atoms with Gasteiger partial charge < -0.3 is 25.8 Å². The number of benzene rings is 1. The average molecular weight is 412 g/mol. The van der Waals surface area contributed by atoms with Gasteiger partial charge in [-0.25, -0.2) is 9.78 Å². The van der Waals surface area contributed by atoms with Crippen LogP contribution in [0.25, 0.3) is 10.9 Å². The number of fused-ring (bicyclic) bond motifs is 1. The number of amides is 2. The third-order valence-electron chi connectivity index (χ3n) is 5.00. The van der Waals surface area contributed by atoms with Gasteiger partial charge in [-0.05, 0) is 46.2 Å². The molecule has 2 aromatic heterocycles. The fourth-order valence-corrected chi connectivity index (χ4v) is 3.15. The van der Waals surface area contributed by atoms with Crippen LogP contribution in [0.15, 0.2) is 36.7 Å². The van der Waals surface area contributed by atoms with E-state index >= 15 is 0 Å². The third-order valence-corrected chi connectivity index (χ3v) is 5.00. The first kappa shape index (κ1) is 21.4. The Morgan fingerprint density at radius 1 is 1.20 bits per heavy atom. The van der Waals surface area contributed by atoms with Crippen LogP contribution in [-0.2, 0) is 21.4 Å². The molecule has 8 nitrogen and oxygen atoms in total. The topological polar surface area (TPSA) is 126 Å². The van der Waals surface area contributed by atoms with Crippen LogP contribution in [0.1, 0.15) is 57.7 Å². The molecule has 0 spiro atoms. The molecule has 0 aliphatic heterocycles. The minimum atomic E-state index is -0.914. The lowest BCUT2D eigenvalue weighted by Crippen LogP contribution is -2.37. The summed E-state index contributed by atoms with van der Waals surface area (Å²) in [7, 11) is 0. The van der Waals surface area contributed by atoms with Crippen LogP contribution in [0.3, 0.4) is 0 Å². The predicted molar refractivity (Wildman–Crippen MR) is 115 cm³/mol. The highest BCUT2D eigenvalue weighted by molar-refractivity contribution is 5.85. The summed E-state index contributed by atoms with van der Waals surface area (Å²) in [5.41, 5.74) is 6.61. The molecule has 3 aromatic rings. The molecule has 3 rings (SSSR count). The van der Waals surface area contributed by atoms with Crippen molar-refractivity contribution in [2.75, 3.05) is 0 Å². The smallest absolute Gasteiger partial charge is 0.408 e. The van der Waals surface area contributed by atoms with Gasteiger partial charge in [0.2, 0.25) is 5.91 Å². The lowest BCUT2D eigenvalue weighted by molar-refractivity contribution is -0.122. The molecule has 0 unspecified atom stereocenters. The number of aromatic amines is 2. The monoisotopic (exact) mass is 411 g/mol. The Morgan fingerprint density at radius 2 is 1.90 bits per heavy atom. The zero-order valence-corrected chi connectivity index (χ0v) is 18.0. The number of nitrogens with zero attached hydrogens (tertiary/aromatic N) is 1. The van der Waals surface area contributed by atoms with Crippen molar-refractivity contribution in [3.63, 3.8) is 0 Å². The second-order valence-corrected chi connectivity index (χ2v) is 8.93. The molecule has 1 atom stereocenters. The number of rotatable bonds is 6. The van der Waals surface area contributed by atoms with Crippen molar-refractivity contribution in [3.8, 4) is 0 Å². The highest BCUT2D eigenvalue weighted by Crippen LogP contribution is 2.26. The molecule has 2 amide bonds. The van der Waals surface area contributed by atoms with E-state index < -0.39 is 29.1 Å². The van der Waals surface area contributed by atoms with E-state index in [1.165, 1.54) is 0 Å². The number of ether oxygens (including phenoxy) is 1. The first-order chi connectivity index (χ1) is 14.0. The van der Waals surface area contributed by atoms with E-state index in [0.29, 0.717) is 17.9 Å². The van der Waals surface area contributed by atoms with Crippen molar-refractivity contribution in [1.29, 1.82) is 0 Å². The minimum absolute atomic E-state index is 0.467. The number of para-hydroxylation sites is 1. The number of hydrogen-bond donors (Lipinski definition) is 4. The second-order valence-electron chi connectivity index (χ2n) is 8.93. The summed E-state index contributed by atoms with van der Waals surface area (Å²) in [4.78, 5) is 35.2. The average Bonchev–Trinajstić information content (AvgIpc) is 3.27. The fourth-order valence-electron chi connectivity index (χ4n) is 3.15. The Morgan fingerprint density at radius 3 is 2.57 bits per heavy atom. The summed E-state index contributed by atoms with van der Waals surface area (Å²) in [6.07, 6.45) is 3.44. The number of carbonyl (C=O) groups is 2. The van der Waals surface area contributed by atoms with Gasteiger partial charge >= 0.3 is 6.09 Å². The maximum atomic E-state index is 12.5. The lowest BCUT2D eigenvalue weighted by Gasteiger charge is -2.23. The highest BCUT2D eigenvalue weighted by Gasteiger charge is 2.31. The summed E-state index contributed by atoms with van der Waals surface area (Å²) in [6, 6.07) is 7.46. The molecule has 0 aliphatic carbocycles.